The maximum Gasteiger partial charge on any atom is 0.319 e. The van der Waals surface area contributed by atoms with Crippen LogP contribution in [0.5, 0.6) is 5.75 Å². The SMILES string of the molecule is CCOc1ccccc1NC(=O)NC1CC2CCCC(C1)N2C1CC1. The second-order valence-electron chi connectivity index (χ2n) is 7.61. The summed E-state index contributed by atoms with van der Waals surface area (Å²) in [4.78, 5) is 15.3. The molecule has 0 spiro atoms. The number of benzene rings is 1. The van der Waals surface area contributed by atoms with Crippen LogP contribution >= 0.6 is 0 Å². The Balaban J connectivity index is 1.36. The van der Waals surface area contributed by atoms with Crippen LogP contribution in [-0.4, -0.2) is 41.7 Å². The monoisotopic (exact) mass is 343 g/mol. The van der Waals surface area contributed by atoms with Crippen molar-refractivity contribution in [1.29, 1.82) is 0 Å². The van der Waals surface area contributed by atoms with Gasteiger partial charge in [0.1, 0.15) is 5.75 Å². The fraction of sp³-hybridized carbons (Fsp3) is 0.650. The highest BCUT2D eigenvalue weighted by Crippen LogP contribution is 2.41. The number of anilines is 1. The molecular formula is C20H29N3O2. The van der Waals surface area contributed by atoms with Gasteiger partial charge < -0.3 is 15.4 Å². The number of carbonyl (C=O) groups is 1. The first-order valence-electron chi connectivity index (χ1n) is 9.81. The number of carbonyl (C=O) groups excluding carboxylic acids is 1. The van der Waals surface area contributed by atoms with E-state index in [9.17, 15) is 4.79 Å². The average molecular weight is 343 g/mol. The number of urea groups is 1. The van der Waals surface area contributed by atoms with Crippen LogP contribution in [0.1, 0.15) is 51.9 Å². The molecule has 5 nitrogen and oxygen atoms in total. The molecule has 1 aromatic carbocycles. The summed E-state index contributed by atoms with van der Waals surface area (Å²) < 4.78 is 5.59. The standard InChI is InChI=1S/C20H29N3O2/c1-2-25-19-9-4-3-8-18(19)22-20(24)21-14-12-16-6-5-7-17(13-14)23(16)15-10-11-15/h3-4,8-9,14-17H,2,5-7,10-13H2,1H3,(H2,21,22,24). The minimum absolute atomic E-state index is 0.116. The average Bonchev–Trinajstić information content (AvgIpc) is 3.41. The van der Waals surface area contributed by atoms with Crippen LogP contribution in [0.25, 0.3) is 0 Å². The first-order valence-corrected chi connectivity index (χ1v) is 9.81. The van der Waals surface area contributed by atoms with Crippen LogP contribution in [-0.2, 0) is 0 Å². The Labute approximate surface area is 150 Å². The van der Waals surface area contributed by atoms with Crippen molar-refractivity contribution in [2.24, 2.45) is 0 Å². The molecule has 2 heterocycles. The normalized spacial score (nSPS) is 29.1. The van der Waals surface area contributed by atoms with Crippen LogP contribution in [0.3, 0.4) is 0 Å². The van der Waals surface area contributed by atoms with Crippen LogP contribution < -0.4 is 15.4 Å². The van der Waals surface area contributed by atoms with Gasteiger partial charge >= 0.3 is 6.03 Å². The number of ether oxygens (including phenoxy) is 1. The molecule has 1 saturated carbocycles. The third-order valence-electron chi connectivity index (χ3n) is 5.77. The molecule has 2 atom stereocenters. The Morgan fingerprint density at radius 2 is 1.84 bits per heavy atom. The maximum absolute atomic E-state index is 12.5. The summed E-state index contributed by atoms with van der Waals surface area (Å²) >= 11 is 0. The van der Waals surface area contributed by atoms with Crippen molar-refractivity contribution < 1.29 is 9.53 Å². The number of piperidine rings is 2. The van der Waals surface area contributed by atoms with Crippen molar-refractivity contribution in [3.8, 4) is 5.75 Å². The molecule has 2 unspecified atom stereocenters. The van der Waals surface area contributed by atoms with Gasteiger partial charge in [-0.25, -0.2) is 4.79 Å². The maximum atomic E-state index is 12.5. The number of nitrogens with zero attached hydrogens (tertiary/aromatic N) is 1. The molecule has 3 fully saturated rings. The first kappa shape index (κ1) is 16.7. The molecule has 1 aromatic rings. The number of amides is 2. The van der Waals surface area contributed by atoms with Crippen molar-refractivity contribution >= 4 is 11.7 Å². The van der Waals surface area contributed by atoms with Gasteiger partial charge in [0.15, 0.2) is 0 Å². The van der Waals surface area contributed by atoms with Gasteiger partial charge in [0, 0.05) is 24.2 Å². The molecule has 25 heavy (non-hydrogen) atoms. The van der Waals surface area contributed by atoms with E-state index in [1.807, 2.05) is 31.2 Å². The molecule has 136 valence electrons. The second kappa shape index (κ2) is 7.24. The van der Waals surface area contributed by atoms with Crippen molar-refractivity contribution in [1.82, 2.24) is 10.2 Å². The number of fused-ring (bicyclic) bond motifs is 2. The highest BCUT2D eigenvalue weighted by atomic mass is 16.5. The van der Waals surface area contributed by atoms with Crippen molar-refractivity contribution in [3.05, 3.63) is 24.3 Å². The minimum Gasteiger partial charge on any atom is -0.492 e. The molecule has 3 aliphatic rings. The van der Waals surface area contributed by atoms with Gasteiger partial charge in [0.25, 0.3) is 0 Å². The number of para-hydroxylation sites is 2. The van der Waals surface area contributed by atoms with Crippen LogP contribution in [0.15, 0.2) is 24.3 Å². The van der Waals surface area contributed by atoms with Crippen molar-refractivity contribution in [3.63, 3.8) is 0 Å². The van der Waals surface area contributed by atoms with E-state index in [0.29, 0.717) is 18.7 Å². The molecule has 2 amide bonds. The zero-order valence-corrected chi connectivity index (χ0v) is 15.0. The van der Waals surface area contributed by atoms with Gasteiger partial charge in [-0.2, -0.15) is 0 Å². The number of hydrogen-bond acceptors (Lipinski definition) is 3. The molecule has 4 rings (SSSR count). The number of hydrogen-bond donors (Lipinski definition) is 2. The molecule has 2 aliphatic heterocycles. The predicted octanol–water partition coefficient (Wildman–Crippen LogP) is 3.75. The van der Waals surface area contributed by atoms with E-state index in [4.69, 9.17) is 4.74 Å². The predicted molar refractivity (Wildman–Crippen MR) is 99.1 cm³/mol. The summed E-state index contributed by atoms with van der Waals surface area (Å²) in [7, 11) is 0. The molecule has 2 saturated heterocycles. The minimum atomic E-state index is -0.116. The van der Waals surface area contributed by atoms with Crippen molar-refractivity contribution in [2.75, 3.05) is 11.9 Å². The lowest BCUT2D eigenvalue weighted by Gasteiger charge is -2.49. The van der Waals surface area contributed by atoms with Gasteiger partial charge in [0.2, 0.25) is 0 Å². The zero-order chi connectivity index (χ0) is 17.2. The van der Waals surface area contributed by atoms with E-state index in [-0.39, 0.29) is 12.1 Å². The van der Waals surface area contributed by atoms with Crippen LogP contribution in [0.2, 0.25) is 0 Å². The fourth-order valence-corrected chi connectivity index (χ4v) is 4.70. The highest BCUT2D eigenvalue weighted by molar-refractivity contribution is 5.91. The molecule has 0 radical (unpaired) electrons. The summed E-state index contributed by atoms with van der Waals surface area (Å²) in [5.41, 5.74) is 0.734. The first-order chi connectivity index (χ1) is 12.2. The van der Waals surface area contributed by atoms with Gasteiger partial charge in [0.05, 0.1) is 12.3 Å². The Bertz CT molecular complexity index is 603. The largest absolute Gasteiger partial charge is 0.492 e. The number of rotatable bonds is 5. The number of nitrogens with one attached hydrogen (secondary N) is 2. The summed E-state index contributed by atoms with van der Waals surface area (Å²) in [6.07, 6.45) is 8.86. The Morgan fingerprint density at radius 1 is 1.12 bits per heavy atom. The lowest BCUT2D eigenvalue weighted by Crippen LogP contribution is -2.58. The second-order valence-corrected chi connectivity index (χ2v) is 7.61. The van der Waals surface area contributed by atoms with E-state index in [0.717, 1.165) is 30.3 Å². The van der Waals surface area contributed by atoms with Gasteiger partial charge in [-0.15, -0.1) is 0 Å². The topological polar surface area (TPSA) is 53.6 Å². The molecule has 1 aliphatic carbocycles. The zero-order valence-electron chi connectivity index (χ0n) is 15.0. The lowest BCUT2D eigenvalue weighted by atomic mass is 9.81. The third-order valence-corrected chi connectivity index (χ3v) is 5.77. The highest BCUT2D eigenvalue weighted by Gasteiger charge is 2.45. The Morgan fingerprint density at radius 3 is 2.52 bits per heavy atom. The summed E-state index contributed by atoms with van der Waals surface area (Å²) in [6, 6.07) is 9.94. The van der Waals surface area contributed by atoms with E-state index in [1.165, 1.54) is 32.1 Å². The third kappa shape index (κ3) is 3.76. The smallest absolute Gasteiger partial charge is 0.319 e. The molecule has 0 aromatic heterocycles. The van der Waals surface area contributed by atoms with E-state index in [2.05, 4.69) is 15.5 Å². The van der Waals surface area contributed by atoms with E-state index >= 15 is 0 Å². The Kier molecular flexibility index (Phi) is 4.84. The molecule has 2 bridgehead atoms. The van der Waals surface area contributed by atoms with Gasteiger partial charge in [-0.05, 0) is 57.6 Å². The summed E-state index contributed by atoms with van der Waals surface area (Å²) in [5.74, 6) is 0.723. The Hall–Kier alpha value is -1.75. The van der Waals surface area contributed by atoms with E-state index in [1.54, 1.807) is 0 Å². The summed E-state index contributed by atoms with van der Waals surface area (Å²) in [6.45, 7) is 2.53. The molecular weight excluding hydrogens is 314 g/mol. The molecule has 5 heteroatoms. The lowest BCUT2D eigenvalue weighted by molar-refractivity contribution is 0.0198. The van der Waals surface area contributed by atoms with Crippen LogP contribution in [0.4, 0.5) is 10.5 Å². The van der Waals surface area contributed by atoms with Gasteiger partial charge in [-0.1, -0.05) is 18.6 Å². The van der Waals surface area contributed by atoms with Crippen molar-refractivity contribution in [2.45, 2.75) is 76.0 Å². The fourth-order valence-electron chi connectivity index (χ4n) is 4.70. The summed E-state index contributed by atoms with van der Waals surface area (Å²) in [5, 5.41) is 6.18. The quantitative estimate of drug-likeness (QED) is 0.856. The van der Waals surface area contributed by atoms with Crippen LogP contribution in [0, 0.1) is 0 Å². The molecule has 2 N–H and O–H groups in total. The van der Waals surface area contributed by atoms with Gasteiger partial charge in [-0.3, -0.25) is 4.90 Å². The van der Waals surface area contributed by atoms with E-state index < -0.39 is 0 Å².